The number of benzene rings is 1. The molecule has 3 rings (SSSR count). The molecule has 0 spiro atoms. The highest BCUT2D eigenvalue weighted by Crippen LogP contribution is 2.18. The van der Waals surface area contributed by atoms with Gasteiger partial charge < -0.3 is 24.7 Å². The first-order chi connectivity index (χ1) is 12.1. The van der Waals surface area contributed by atoms with Crippen molar-refractivity contribution in [3.63, 3.8) is 0 Å². The van der Waals surface area contributed by atoms with Gasteiger partial charge in [0.2, 0.25) is 0 Å². The summed E-state index contributed by atoms with van der Waals surface area (Å²) in [5.74, 6) is 0. The summed E-state index contributed by atoms with van der Waals surface area (Å²) in [5.41, 5.74) is 1.98. The third-order valence-corrected chi connectivity index (χ3v) is 3.78. The number of imidazole rings is 1. The van der Waals surface area contributed by atoms with Crippen LogP contribution in [0.1, 0.15) is 17.4 Å². The Kier molecular flexibility index (Phi) is 5.27. The lowest BCUT2D eigenvalue weighted by Crippen LogP contribution is -2.36. The predicted molar refractivity (Wildman–Crippen MR) is 90.8 cm³/mol. The van der Waals surface area contributed by atoms with E-state index in [1.807, 2.05) is 36.4 Å². The SMILES string of the molecule is O=C(NCC(O)C(O)c1cnc2ccccn12)OCc1ccccc1. The Hall–Kier alpha value is -2.90. The molecule has 1 aromatic carbocycles. The zero-order chi connectivity index (χ0) is 17.6. The maximum Gasteiger partial charge on any atom is 0.407 e. The Morgan fingerprint density at radius 3 is 2.72 bits per heavy atom. The fraction of sp³-hybridized carbons (Fsp3) is 0.222. The van der Waals surface area contributed by atoms with E-state index in [1.165, 1.54) is 6.20 Å². The number of carbonyl (C=O) groups is 1. The van der Waals surface area contributed by atoms with Crippen LogP contribution < -0.4 is 5.32 Å². The summed E-state index contributed by atoms with van der Waals surface area (Å²) in [6.45, 7) is -0.00651. The largest absolute Gasteiger partial charge is 0.445 e. The fourth-order valence-corrected chi connectivity index (χ4v) is 2.44. The Labute approximate surface area is 144 Å². The van der Waals surface area contributed by atoms with Crippen LogP contribution >= 0.6 is 0 Å². The number of aliphatic hydroxyl groups excluding tert-OH is 2. The first kappa shape index (κ1) is 16.9. The predicted octanol–water partition coefficient (Wildman–Crippen LogP) is 1.65. The number of pyridine rings is 1. The van der Waals surface area contributed by atoms with Gasteiger partial charge in [-0.2, -0.15) is 0 Å². The molecule has 7 nitrogen and oxygen atoms in total. The standard InChI is InChI=1S/C18H19N3O4/c22-15(11-20-18(24)25-12-13-6-2-1-3-7-13)17(23)14-10-19-16-8-4-5-9-21(14)16/h1-10,15,17,22-23H,11-12H2,(H,20,24). The number of amides is 1. The van der Waals surface area contributed by atoms with Crippen molar-refractivity contribution in [2.45, 2.75) is 18.8 Å². The summed E-state index contributed by atoms with van der Waals surface area (Å²) in [7, 11) is 0. The fourth-order valence-electron chi connectivity index (χ4n) is 2.44. The van der Waals surface area contributed by atoms with Gasteiger partial charge >= 0.3 is 6.09 Å². The number of aromatic nitrogens is 2. The minimum atomic E-state index is -1.19. The molecule has 2 heterocycles. The Bertz CT molecular complexity index is 834. The van der Waals surface area contributed by atoms with Crippen molar-refractivity contribution >= 4 is 11.7 Å². The monoisotopic (exact) mass is 341 g/mol. The van der Waals surface area contributed by atoms with E-state index in [-0.39, 0.29) is 13.2 Å². The molecule has 2 aromatic heterocycles. The molecule has 2 atom stereocenters. The molecule has 0 aliphatic heterocycles. The molecular formula is C18H19N3O4. The number of rotatable bonds is 6. The number of hydrogen-bond acceptors (Lipinski definition) is 5. The van der Waals surface area contributed by atoms with E-state index in [0.29, 0.717) is 11.3 Å². The van der Waals surface area contributed by atoms with Gasteiger partial charge in [-0.15, -0.1) is 0 Å². The molecule has 0 aliphatic carbocycles. The first-order valence-electron chi connectivity index (χ1n) is 7.88. The van der Waals surface area contributed by atoms with Crippen LogP contribution in [0.2, 0.25) is 0 Å². The van der Waals surface area contributed by atoms with Gasteiger partial charge in [0.1, 0.15) is 24.5 Å². The average Bonchev–Trinajstić information content (AvgIpc) is 3.08. The van der Waals surface area contributed by atoms with Gasteiger partial charge in [-0.25, -0.2) is 9.78 Å². The molecule has 0 saturated heterocycles. The Morgan fingerprint density at radius 2 is 1.92 bits per heavy atom. The normalized spacial score (nSPS) is 13.4. The number of aliphatic hydroxyl groups is 2. The number of carbonyl (C=O) groups excluding carboxylic acids is 1. The number of hydrogen-bond donors (Lipinski definition) is 3. The molecule has 0 radical (unpaired) electrons. The lowest BCUT2D eigenvalue weighted by atomic mass is 10.1. The van der Waals surface area contributed by atoms with E-state index in [9.17, 15) is 15.0 Å². The lowest BCUT2D eigenvalue weighted by molar-refractivity contribution is 0.0154. The summed E-state index contributed by atoms with van der Waals surface area (Å²) in [6, 6.07) is 14.7. The lowest BCUT2D eigenvalue weighted by Gasteiger charge is -2.18. The van der Waals surface area contributed by atoms with Crippen LogP contribution in [0.4, 0.5) is 4.79 Å². The van der Waals surface area contributed by atoms with Crippen molar-refractivity contribution in [3.05, 3.63) is 72.2 Å². The van der Waals surface area contributed by atoms with Gasteiger partial charge in [0.05, 0.1) is 11.9 Å². The zero-order valence-corrected chi connectivity index (χ0v) is 13.4. The van der Waals surface area contributed by atoms with E-state index >= 15 is 0 Å². The molecule has 0 aliphatic rings. The molecule has 0 bridgehead atoms. The third-order valence-electron chi connectivity index (χ3n) is 3.78. The summed E-state index contributed by atoms with van der Waals surface area (Å²) in [6.07, 6.45) is 0.205. The van der Waals surface area contributed by atoms with Crippen molar-refractivity contribution in [1.82, 2.24) is 14.7 Å². The second-order valence-corrected chi connectivity index (χ2v) is 5.57. The van der Waals surface area contributed by atoms with E-state index in [1.54, 1.807) is 22.7 Å². The third kappa shape index (κ3) is 4.14. The zero-order valence-electron chi connectivity index (χ0n) is 13.4. The first-order valence-corrected chi connectivity index (χ1v) is 7.88. The molecule has 0 fully saturated rings. The minimum Gasteiger partial charge on any atom is -0.445 e. The number of nitrogens with one attached hydrogen (secondary N) is 1. The molecule has 2 unspecified atom stereocenters. The van der Waals surface area contributed by atoms with Crippen molar-refractivity contribution in [2.75, 3.05) is 6.54 Å². The van der Waals surface area contributed by atoms with Crippen LogP contribution in [0.25, 0.3) is 5.65 Å². The second kappa shape index (κ2) is 7.78. The Balaban J connectivity index is 1.51. The van der Waals surface area contributed by atoms with Crippen LogP contribution in [-0.2, 0) is 11.3 Å². The molecule has 25 heavy (non-hydrogen) atoms. The van der Waals surface area contributed by atoms with Gasteiger partial charge in [0.15, 0.2) is 0 Å². The van der Waals surface area contributed by atoms with Gasteiger partial charge in [0.25, 0.3) is 0 Å². The molecule has 3 aromatic rings. The van der Waals surface area contributed by atoms with E-state index in [2.05, 4.69) is 10.3 Å². The highest BCUT2D eigenvalue weighted by molar-refractivity contribution is 5.67. The van der Waals surface area contributed by atoms with Crippen LogP contribution in [-0.4, -0.2) is 38.3 Å². The maximum absolute atomic E-state index is 11.7. The topological polar surface area (TPSA) is 96.1 Å². The smallest absolute Gasteiger partial charge is 0.407 e. The van der Waals surface area contributed by atoms with Crippen LogP contribution in [0, 0.1) is 0 Å². The second-order valence-electron chi connectivity index (χ2n) is 5.57. The highest BCUT2D eigenvalue weighted by Gasteiger charge is 2.22. The summed E-state index contributed by atoms with van der Waals surface area (Å²) in [4.78, 5) is 15.9. The van der Waals surface area contributed by atoms with Crippen molar-refractivity contribution in [3.8, 4) is 0 Å². The number of fused-ring (bicyclic) bond motifs is 1. The minimum absolute atomic E-state index is 0.137. The molecule has 130 valence electrons. The molecule has 0 saturated carbocycles. The van der Waals surface area contributed by atoms with Crippen molar-refractivity contribution in [1.29, 1.82) is 0 Å². The van der Waals surface area contributed by atoms with Gasteiger partial charge in [-0.05, 0) is 17.7 Å². The maximum atomic E-state index is 11.7. The summed E-state index contributed by atoms with van der Waals surface area (Å²) < 4.78 is 6.74. The van der Waals surface area contributed by atoms with Crippen LogP contribution in [0.5, 0.6) is 0 Å². The summed E-state index contributed by atoms with van der Waals surface area (Å²) in [5, 5.41) is 22.9. The van der Waals surface area contributed by atoms with Gasteiger partial charge in [-0.1, -0.05) is 36.4 Å². The highest BCUT2D eigenvalue weighted by atomic mass is 16.5. The Morgan fingerprint density at radius 1 is 1.16 bits per heavy atom. The van der Waals surface area contributed by atoms with E-state index in [0.717, 1.165) is 5.56 Å². The number of alkyl carbamates (subject to hydrolysis) is 1. The quantitative estimate of drug-likeness (QED) is 0.634. The van der Waals surface area contributed by atoms with Gasteiger partial charge in [-0.3, -0.25) is 0 Å². The van der Waals surface area contributed by atoms with Crippen molar-refractivity contribution in [2.24, 2.45) is 0 Å². The molecule has 3 N–H and O–H groups in total. The molecule has 1 amide bonds. The van der Waals surface area contributed by atoms with Crippen LogP contribution in [0.15, 0.2) is 60.9 Å². The van der Waals surface area contributed by atoms with Crippen LogP contribution in [0.3, 0.4) is 0 Å². The average molecular weight is 341 g/mol. The summed E-state index contributed by atoms with van der Waals surface area (Å²) >= 11 is 0. The van der Waals surface area contributed by atoms with E-state index in [4.69, 9.17) is 4.74 Å². The van der Waals surface area contributed by atoms with Crippen molar-refractivity contribution < 1.29 is 19.7 Å². The number of ether oxygens (including phenoxy) is 1. The van der Waals surface area contributed by atoms with Gasteiger partial charge in [0, 0.05) is 12.7 Å². The van der Waals surface area contributed by atoms with E-state index < -0.39 is 18.3 Å². The molecular weight excluding hydrogens is 322 g/mol. The molecule has 7 heteroatoms. The number of nitrogens with zero attached hydrogens (tertiary/aromatic N) is 2.